The van der Waals surface area contributed by atoms with Crippen molar-refractivity contribution < 1.29 is 13.9 Å². The number of rotatable bonds is 3. The van der Waals surface area contributed by atoms with Crippen LogP contribution in [0.5, 0.6) is 0 Å². The smallest absolute Gasteiger partial charge is 0.351 e. The molecule has 126 valence electrons. The van der Waals surface area contributed by atoms with E-state index in [-0.39, 0.29) is 12.2 Å². The molecule has 0 fully saturated rings. The molecule has 0 aliphatic carbocycles. The Hall–Kier alpha value is -3.85. The molecule has 3 aromatic heterocycles. The van der Waals surface area contributed by atoms with Crippen LogP contribution in [0, 0.1) is 11.3 Å². The number of esters is 1. The van der Waals surface area contributed by atoms with Crippen LogP contribution in [0.4, 0.5) is 0 Å². The summed E-state index contributed by atoms with van der Waals surface area (Å²) in [6, 6.07) is 16.0. The number of hydrogen-bond acceptors (Lipinski definition) is 5. The highest BCUT2D eigenvalue weighted by Crippen LogP contribution is 2.19. The Morgan fingerprint density at radius 1 is 1.19 bits per heavy atom. The Morgan fingerprint density at radius 2 is 2.00 bits per heavy atom. The van der Waals surface area contributed by atoms with Gasteiger partial charge in [-0.3, -0.25) is 0 Å². The van der Waals surface area contributed by atoms with E-state index in [1.165, 1.54) is 6.07 Å². The fraction of sp³-hybridized carbons (Fsp3) is 0.0500. The SMILES string of the molecule is N#Cc1c(COC(=O)c2cc3ccccc3oc2=O)cn2ccccc12. The lowest BCUT2D eigenvalue weighted by molar-refractivity contribution is 0.0468. The molecule has 6 heteroatoms. The van der Waals surface area contributed by atoms with E-state index in [0.29, 0.717) is 22.1 Å². The highest BCUT2D eigenvalue weighted by Gasteiger charge is 2.17. The van der Waals surface area contributed by atoms with Crippen molar-refractivity contribution >= 4 is 22.5 Å². The number of benzene rings is 1. The van der Waals surface area contributed by atoms with Gasteiger partial charge in [-0.25, -0.2) is 9.59 Å². The van der Waals surface area contributed by atoms with Crippen LogP contribution in [0.15, 0.2) is 70.1 Å². The van der Waals surface area contributed by atoms with Gasteiger partial charge in [0.05, 0.1) is 11.1 Å². The molecule has 0 saturated heterocycles. The Kier molecular flexibility index (Phi) is 3.75. The van der Waals surface area contributed by atoms with Crippen molar-refractivity contribution in [3.8, 4) is 6.07 Å². The van der Waals surface area contributed by atoms with Gasteiger partial charge < -0.3 is 13.6 Å². The number of ether oxygens (including phenoxy) is 1. The van der Waals surface area contributed by atoms with Gasteiger partial charge in [-0.2, -0.15) is 5.26 Å². The number of hydrogen-bond donors (Lipinski definition) is 0. The minimum Gasteiger partial charge on any atom is -0.457 e. The third-order valence-corrected chi connectivity index (χ3v) is 4.09. The zero-order valence-corrected chi connectivity index (χ0v) is 13.5. The standard InChI is InChI=1S/C20H12N2O4/c21-10-16-14(11-22-8-4-3-6-17(16)22)12-25-19(23)15-9-13-5-1-2-7-18(13)26-20(15)24/h1-9,11H,12H2. The quantitative estimate of drug-likeness (QED) is 0.421. The van der Waals surface area contributed by atoms with Gasteiger partial charge in [0.2, 0.25) is 0 Å². The molecule has 0 aliphatic heterocycles. The molecular weight excluding hydrogens is 332 g/mol. The van der Waals surface area contributed by atoms with E-state index in [1.54, 1.807) is 41.1 Å². The molecule has 4 aromatic rings. The summed E-state index contributed by atoms with van der Waals surface area (Å²) >= 11 is 0. The number of nitrogens with zero attached hydrogens (tertiary/aromatic N) is 2. The van der Waals surface area contributed by atoms with E-state index >= 15 is 0 Å². The van der Waals surface area contributed by atoms with Crippen LogP contribution in [0.2, 0.25) is 0 Å². The minimum absolute atomic E-state index is 0.115. The predicted molar refractivity (Wildman–Crippen MR) is 93.7 cm³/mol. The van der Waals surface area contributed by atoms with E-state index in [1.807, 2.05) is 18.2 Å². The molecule has 0 spiro atoms. The zero-order valence-electron chi connectivity index (χ0n) is 13.5. The minimum atomic E-state index is -0.788. The summed E-state index contributed by atoms with van der Waals surface area (Å²) in [5, 5.41) is 10.0. The molecule has 6 nitrogen and oxygen atoms in total. The highest BCUT2D eigenvalue weighted by atomic mass is 16.5. The van der Waals surface area contributed by atoms with Crippen molar-refractivity contribution in [2.45, 2.75) is 6.61 Å². The molecule has 4 rings (SSSR count). The Labute approximate surface area is 147 Å². The third kappa shape index (κ3) is 2.62. The summed E-state index contributed by atoms with van der Waals surface area (Å²) in [5.41, 5.74) is 1.20. The zero-order chi connectivity index (χ0) is 18.1. The monoisotopic (exact) mass is 344 g/mol. The van der Waals surface area contributed by atoms with Crippen molar-refractivity contribution in [3.63, 3.8) is 0 Å². The number of carbonyl (C=O) groups excluding carboxylic acids is 1. The number of para-hydroxylation sites is 1. The average Bonchev–Trinajstić information content (AvgIpc) is 3.03. The van der Waals surface area contributed by atoms with E-state index in [0.717, 1.165) is 5.52 Å². The Morgan fingerprint density at radius 3 is 2.85 bits per heavy atom. The first-order valence-electron chi connectivity index (χ1n) is 7.86. The van der Waals surface area contributed by atoms with Crippen LogP contribution < -0.4 is 5.63 Å². The predicted octanol–water partition coefficient (Wildman–Crippen LogP) is 3.27. The second kappa shape index (κ2) is 6.22. The van der Waals surface area contributed by atoms with E-state index < -0.39 is 11.6 Å². The molecule has 3 heterocycles. The largest absolute Gasteiger partial charge is 0.457 e. The maximum atomic E-state index is 12.3. The van der Waals surface area contributed by atoms with E-state index in [2.05, 4.69) is 6.07 Å². The lowest BCUT2D eigenvalue weighted by Gasteiger charge is -2.04. The molecule has 0 saturated carbocycles. The summed E-state index contributed by atoms with van der Waals surface area (Å²) < 4.78 is 12.2. The molecule has 0 unspecified atom stereocenters. The van der Waals surface area contributed by atoms with Gasteiger partial charge in [0.15, 0.2) is 0 Å². The van der Waals surface area contributed by atoms with Crippen LogP contribution in [-0.4, -0.2) is 10.4 Å². The van der Waals surface area contributed by atoms with Crippen LogP contribution in [0.1, 0.15) is 21.5 Å². The Balaban J connectivity index is 1.63. The Bertz CT molecular complexity index is 1240. The van der Waals surface area contributed by atoms with Crippen LogP contribution >= 0.6 is 0 Å². The highest BCUT2D eigenvalue weighted by molar-refractivity contribution is 5.92. The van der Waals surface area contributed by atoms with Gasteiger partial charge in [-0.15, -0.1) is 0 Å². The number of carbonyl (C=O) groups is 1. The first-order chi connectivity index (χ1) is 12.7. The molecule has 0 bridgehead atoms. The van der Waals surface area contributed by atoms with Crippen molar-refractivity contribution in [1.29, 1.82) is 5.26 Å². The molecule has 1 aromatic carbocycles. The first-order valence-corrected chi connectivity index (χ1v) is 7.86. The molecule has 0 aliphatic rings. The third-order valence-electron chi connectivity index (χ3n) is 4.09. The van der Waals surface area contributed by atoms with Gasteiger partial charge in [-0.05, 0) is 24.3 Å². The number of aromatic nitrogens is 1. The fourth-order valence-electron chi connectivity index (χ4n) is 2.84. The van der Waals surface area contributed by atoms with Crippen LogP contribution in [-0.2, 0) is 11.3 Å². The lowest BCUT2D eigenvalue weighted by atomic mass is 10.2. The van der Waals surface area contributed by atoms with Gasteiger partial charge in [0.25, 0.3) is 0 Å². The maximum absolute atomic E-state index is 12.3. The van der Waals surface area contributed by atoms with Crippen molar-refractivity contribution in [3.05, 3.63) is 88.0 Å². The second-order valence-electron chi connectivity index (χ2n) is 5.70. The maximum Gasteiger partial charge on any atom is 0.351 e. The van der Waals surface area contributed by atoms with Crippen molar-refractivity contribution in [2.24, 2.45) is 0 Å². The number of pyridine rings is 1. The second-order valence-corrected chi connectivity index (χ2v) is 5.70. The van der Waals surface area contributed by atoms with E-state index in [4.69, 9.17) is 9.15 Å². The molecular formula is C20H12N2O4. The summed E-state index contributed by atoms with van der Waals surface area (Å²) in [7, 11) is 0. The molecule has 26 heavy (non-hydrogen) atoms. The normalized spacial score (nSPS) is 10.7. The molecule has 0 atom stereocenters. The summed E-state index contributed by atoms with van der Waals surface area (Å²) in [5.74, 6) is -0.788. The van der Waals surface area contributed by atoms with Gasteiger partial charge in [0, 0.05) is 23.3 Å². The first kappa shape index (κ1) is 15.7. The lowest BCUT2D eigenvalue weighted by Crippen LogP contribution is -2.16. The van der Waals surface area contributed by atoms with Crippen molar-refractivity contribution in [1.82, 2.24) is 4.40 Å². The molecule has 0 amide bonds. The van der Waals surface area contributed by atoms with Crippen LogP contribution in [0.25, 0.3) is 16.5 Å². The van der Waals surface area contributed by atoms with Crippen LogP contribution in [0.3, 0.4) is 0 Å². The van der Waals surface area contributed by atoms with Gasteiger partial charge >= 0.3 is 11.6 Å². The summed E-state index contributed by atoms with van der Waals surface area (Å²) in [4.78, 5) is 24.4. The fourth-order valence-corrected chi connectivity index (χ4v) is 2.84. The van der Waals surface area contributed by atoms with Gasteiger partial charge in [-0.1, -0.05) is 24.3 Å². The molecule has 0 N–H and O–H groups in total. The molecule has 0 radical (unpaired) electrons. The van der Waals surface area contributed by atoms with E-state index in [9.17, 15) is 14.9 Å². The number of nitriles is 1. The van der Waals surface area contributed by atoms with Gasteiger partial charge in [0.1, 0.15) is 23.8 Å². The topological polar surface area (TPSA) is 84.7 Å². The summed E-state index contributed by atoms with van der Waals surface area (Å²) in [6.07, 6.45) is 3.53. The average molecular weight is 344 g/mol. The summed E-state index contributed by atoms with van der Waals surface area (Å²) in [6.45, 7) is -0.115. The van der Waals surface area contributed by atoms with Crippen molar-refractivity contribution in [2.75, 3.05) is 0 Å². The number of fused-ring (bicyclic) bond motifs is 2.